The minimum atomic E-state index is -0.481. The lowest BCUT2D eigenvalue weighted by atomic mass is 10.1. The lowest BCUT2D eigenvalue weighted by Crippen LogP contribution is -2.16. The molecular formula is C16H16N2O3. The van der Waals surface area contributed by atoms with Crippen LogP contribution in [-0.2, 0) is 17.8 Å². The fourth-order valence-corrected chi connectivity index (χ4v) is 2.05. The first-order chi connectivity index (χ1) is 10.1. The molecule has 0 atom stereocenters. The molecule has 0 bridgehead atoms. The second kappa shape index (κ2) is 6.73. The van der Waals surface area contributed by atoms with Crippen LogP contribution < -0.4 is 0 Å². The molecule has 0 fully saturated rings. The second-order valence-corrected chi connectivity index (χ2v) is 4.74. The van der Waals surface area contributed by atoms with Gasteiger partial charge < -0.3 is 9.15 Å². The van der Waals surface area contributed by atoms with Crippen LogP contribution in [0.25, 0.3) is 0 Å². The molecule has 0 aliphatic carbocycles. The third-order valence-electron chi connectivity index (χ3n) is 2.98. The number of hydrogen-bond acceptors (Lipinski definition) is 5. The molecule has 1 aromatic heterocycles. The Morgan fingerprint density at radius 3 is 2.86 bits per heavy atom. The third-order valence-corrected chi connectivity index (χ3v) is 2.98. The van der Waals surface area contributed by atoms with Gasteiger partial charge >= 0.3 is 5.97 Å². The second-order valence-electron chi connectivity index (χ2n) is 4.74. The van der Waals surface area contributed by atoms with Crippen LogP contribution in [0.15, 0.2) is 40.8 Å². The van der Waals surface area contributed by atoms with Gasteiger partial charge in [-0.15, -0.1) is 0 Å². The van der Waals surface area contributed by atoms with Crippen LogP contribution in [0.3, 0.4) is 0 Å². The van der Waals surface area contributed by atoms with E-state index in [0.29, 0.717) is 24.4 Å². The van der Waals surface area contributed by atoms with Gasteiger partial charge in [-0.3, -0.25) is 4.90 Å². The van der Waals surface area contributed by atoms with E-state index in [0.717, 1.165) is 5.56 Å². The molecule has 2 rings (SSSR count). The summed E-state index contributed by atoms with van der Waals surface area (Å²) in [7, 11) is 3.26. The van der Waals surface area contributed by atoms with Crippen molar-refractivity contribution in [3.05, 3.63) is 59.0 Å². The first kappa shape index (κ1) is 14.8. The van der Waals surface area contributed by atoms with Crippen molar-refractivity contribution in [1.29, 1.82) is 5.26 Å². The van der Waals surface area contributed by atoms with Crippen LogP contribution in [0, 0.1) is 11.3 Å². The van der Waals surface area contributed by atoms with E-state index >= 15 is 0 Å². The van der Waals surface area contributed by atoms with Gasteiger partial charge in [0.05, 0.1) is 25.3 Å². The molecule has 21 heavy (non-hydrogen) atoms. The summed E-state index contributed by atoms with van der Waals surface area (Å²) < 4.78 is 10.0. The summed E-state index contributed by atoms with van der Waals surface area (Å²) in [5, 5.41) is 8.89. The number of hydrogen-bond donors (Lipinski definition) is 0. The van der Waals surface area contributed by atoms with Gasteiger partial charge in [0.25, 0.3) is 0 Å². The van der Waals surface area contributed by atoms with E-state index in [1.807, 2.05) is 30.1 Å². The van der Waals surface area contributed by atoms with Crippen molar-refractivity contribution < 1.29 is 13.9 Å². The largest absolute Gasteiger partial charge is 0.463 e. The molecule has 0 aliphatic heterocycles. The number of methoxy groups -OCH3 is 1. The van der Waals surface area contributed by atoms with Gasteiger partial charge in [-0.25, -0.2) is 4.79 Å². The topological polar surface area (TPSA) is 66.5 Å². The molecule has 0 aliphatic rings. The highest BCUT2D eigenvalue weighted by Crippen LogP contribution is 2.13. The van der Waals surface area contributed by atoms with Crippen molar-refractivity contribution >= 4 is 5.97 Å². The van der Waals surface area contributed by atoms with Gasteiger partial charge in [0, 0.05) is 6.54 Å². The van der Waals surface area contributed by atoms with Gasteiger partial charge in [0.15, 0.2) is 0 Å². The highest BCUT2D eigenvalue weighted by molar-refractivity contribution is 5.86. The van der Waals surface area contributed by atoms with E-state index in [1.54, 1.807) is 18.2 Å². The van der Waals surface area contributed by atoms with E-state index < -0.39 is 5.97 Å². The van der Waals surface area contributed by atoms with E-state index in [2.05, 4.69) is 10.8 Å². The van der Waals surface area contributed by atoms with E-state index in [1.165, 1.54) is 7.11 Å². The summed E-state index contributed by atoms with van der Waals surface area (Å²) in [6.45, 7) is 1.25. The van der Waals surface area contributed by atoms with E-state index in [-0.39, 0.29) is 5.76 Å². The smallest absolute Gasteiger partial charge is 0.373 e. The number of carbonyl (C=O) groups is 1. The molecule has 5 heteroatoms. The van der Waals surface area contributed by atoms with Crippen molar-refractivity contribution in [2.75, 3.05) is 14.2 Å². The third kappa shape index (κ3) is 3.94. The number of nitriles is 1. The Labute approximate surface area is 123 Å². The maximum Gasteiger partial charge on any atom is 0.373 e. The van der Waals surface area contributed by atoms with Crippen molar-refractivity contribution in [2.45, 2.75) is 13.1 Å². The minimum Gasteiger partial charge on any atom is -0.463 e. The Morgan fingerprint density at radius 2 is 2.14 bits per heavy atom. The first-order valence-corrected chi connectivity index (χ1v) is 6.47. The van der Waals surface area contributed by atoms with Crippen molar-refractivity contribution in [2.24, 2.45) is 0 Å². The summed E-state index contributed by atoms with van der Waals surface area (Å²) in [4.78, 5) is 13.4. The molecule has 1 heterocycles. The summed E-state index contributed by atoms with van der Waals surface area (Å²) >= 11 is 0. The summed E-state index contributed by atoms with van der Waals surface area (Å²) in [5.41, 5.74) is 1.70. The molecule has 0 N–H and O–H groups in total. The molecule has 1 aromatic carbocycles. The number of benzene rings is 1. The molecule has 0 amide bonds. The molecule has 0 unspecified atom stereocenters. The van der Waals surface area contributed by atoms with Crippen LogP contribution in [0.4, 0.5) is 0 Å². The summed E-state index contributed by atoms with van der Waals surface area (Å²) in [6.07, 6.45) is 0. The van der Waals surface area contributed by atoms with Gasteiger partial charge in [-0.05, 0) is 36.9 Å². The highest BCUT2D eigenvalue weighted by atomic mass is 16.5. The number of rotatable bonds is 5. The van der Waals surface area contributed by atoms with E-state index in [9.17, 15) is 4.79 Å². The van der Waals surface area contributed by atoms with Crippen LogP contribution in [0.1, 0.15) is 27.4 Å². The Morgan fingerprint density at radius 1 is 1.33 bits per heavy atom. The lowest BCUT2D eigenvalue weighted by Gasteiger charge is -2.15. The van der Waals surface area contributed by atoms with Gasteiger partial charge in [-0.2, -0.15) is 5.26 Å². The SMILES string of the molecule is COC(=O)c1ccc(CN(C)Cc2cccc(C#N)c2)o1. The molecule has 0 radical (unpaired) electrons. The Hall–Kier alpha value is -2.58. The molecule has 0 saturated heterocycles. The van der Waals surface area contributed by atoms with Crippen molar-refractivity contribution in [1.82, 2.24) is 4.90 Å². The van der Waals surface area contributed by atoms with Crippen LogP contribution in [0.2, 0.25) is 0 Å². The van der Waals surface area contributed by atoms with Gasteiger partial charge in [0.1, 0.15) is 5.76 Å². The Balaban J connectivity index is 1.98. The average molecular weight is 284 g/mol. The van der Waals surface area contributed by atoms with Crippen LogP contribution in [0.5, 0.6) is 0 Å². The number of esters is 1. The predicted octanol–water partition coefficient (Wildman–Crippen LogP) is 2.57. The molecule has 2 aromatic rings. The lowest BCUT2D eigenvalue weighted by molar-refractivity contribution is 0.0561. The van der Waals surface area contributed by atoms with Gasteiger partial charge in [-0.1, -0.05) is 12.1 Å². The van der Waals surface area contributed by atoms with Crippen molar-refractivity contribution in [3.8, 4) is 6.07 Å². The zero-order chi connectivity index (χ0) is 15.2. The fourth-order valence-electron chi connectivity index (χ4n) is 2.05. The van der Waals surface area contributed by atoms with E-state index in [4.69, 9.17) is 9.68 Å². The van der Waals surface area contributed by atoms with Crippen LogP contribution in [-0.4, -0.2) is 25.0 Å². The van der Waals surface area contributed by atoms with Crippen LogP contribution >= 0.6 is 0 Å². The summed E-state index contributed by atoms with van der Waals surface area (Å²) in [5.74, 6) is 0.410. The summed E-state index contributed by atoms with van der Waals surface area (Å²) in [6, 6.07) is 13.0. The average Bonchev–Trinajstić information content (AvgIpc) is 2.94. The zero-order valence-corrected chi connectivity index (χ0v) is 12.0. The van der Waals surface area contributed by atoms with Crippen molar-refractivity contribution in [3.63, 3.8) is 0 Å². The monoisotopic (exact) mass is 284 g/mol. The molecule has 0 saturated carbocycles. The number of ether oxygens (including phenoxy) is 1. The zero-order valence-electron chi connectivity index (χ0n) is 12.0. The predicted molar refractivity (Wildman–Crippen MR) is 76.4 cm³/mol. The molecule has 108 valence electrons. The number of furan rings is 1. The number of carbonyl (C=O) groups excluding carboxylic acids is 1. The van der Waals surface area contributed by atoms with Gasteiger partial charge in [0.2, 0.25) is 5.76 Å². The molecule has 0 spiro atoms. The quantitative estimate of drug-likeness (QED) is 0.789. The maximum absolute atomic E-state index is 11.3. The maximum atomic E-state index is 11.3. The Kier molecular flexibility index (Phi) is 4.75. The minimum absolute atomic E-state index is 0.201. The first-order valence-electron chi connectivity index (χ1n) is 6.47. The highest BCUT2D eigenvalue weighted by Gasteiger charge is 2.12. The molecular weight excluding hydrogens is 268 g/mol. The number of nitrogens with zero attached hydrogens (tertiary/aromatic N) is 2. The fraction of sp³-hybridized carbons (Fsp3) is 0.250. The standard InChI is InChI=1S/C16H16N2O3/c1-18(10-13-5-3-4-12(8-13)9-17)11-14-6-7-15(21-14)16(19)20-2/h3-8H,10-11H2,1-2H3. The normalized spacial score (nSPS) is 10.4. The Bertz CT molecular complexity index is 670. The molecule has 5 nitrogen and oxygen atoms in total.